The van der Waals surface area contributed by atoms with Gasteiger partial charge in [0.15, 0.2) is 0 Å². The van der Waals surface area contributed by atoms with Gasteiger partial charge in [-0.15, -0.1) is 0 Å². The molecule has 0 aromatic carbocycles. The van der Waals surface area contributed by atoms with Crippen molar-refractivity contribution in [2.24, 2.45) is 16.5 Å². The molecule has 5 nitrogen and oxygen atoms in total. The van der Waals surface area contributed by atoms with Gasteiger partial charge in [-0.2, -0.15) is 0 Å². The van der Waals surface area contributed by atoms with E-state index >= 15 is 0 Å². The van der Waals surface area contributed by atoms with Crippen LogP contribution in [0.5, 0.6) is 0 Å². The van der Waals surface area contributed by atoms with Crippen molar-refractivity contribution in [2.75, 3.05) is 0 Å². The molecule has 0 atom stereocenters. The molecule has 0 saturated carbocycles. The number of nitrogens with two attached hydrogens (primary N) is 2. The fourth-order valence-electron chi connectivity index (χ4n) is 0.411. The molecular weight excluding hydrogens is 144 g/mol. The molecule has 0 rings (SSSR count). The molecule has 0 aromatic heterocycles. The topological polar surface area (TPSA) is 105 Å². The summed E-state index contributed by atoms with van der Waals surface area (Å²) in [5.74, 6) is -0.624. The van der Waals surface area contributed by atoms with Crippen LogP contribution in [-0.4, -0.2) is 17.5 Å². The van der Waals surface area contributed by atoms with E-state index in [0.29, 0.717) is 0 Å². The zero-order valence-electron chi connectivity index (χ0n) is 6.22. The van der Waals surface area contributed by atoms with Gasteiger partial charge in [0.1, 0.15) is 5.71 Å². The highest BCUT2D eigenvalue weighted by Crippen LogP contribution is 1.93. The van der Waals surface area contributed by atoms with Gasteiger partial charge < -0.3 is 11.5 Å². The number of amidine groups is 1. The maximum Gasteiger partial charge on any atom is 0.268 e. The van der Waals surface area contributed by atoms with E-state index < -0.39 is 11.6 Å². The van der Waals surface area contributed by atoms with E-state index in [1.807, 2.05) is 0 Å². The Morgan fingerprint density at radius 3 is 2.27 bits per heavy atom. The monoisotopic (exact) mass is 154 g/mol. The van der Waals surface area contributed by atoms with Crippen LogP contribution in [0.1, 0.15) is 6.92 Å². The number of nitrogens with zero attached hydrogens (tertiary/aromatic N) is 1. The average Bonchev–Trinajstić information content (AvgIpc) is 1.84. The van der Waals surface area contributed by atoms with Gasteiger partial charge in [0, 0.05) is 0 Å². The number of hydrogen-bond acceptors (Lipinski definition) is 3. The number of carbonyl (C=O) groups is 1. The second-order valence-corrected chi connectivity index (χ2v) is 1.94. The summed E-state index contributed by atoms with van der Waals surface area (Å²) in [5, 5.41) is 7.01. The Labute approximate surface area is 64.3 Å². The Bertz CT molecular complexity index is 237. The third-order valence-corrected chi connectivity index (χ3v) is 0.846. The second-order valence-electron chi connectivity index (χ2n) is 1.94. The molecule has 0 heterocycles. The molecule has 0 bridgehead atoms. The summed E-state index contributed by atoms with van der Waals surface area (Å²) in [6, 6.07) is 0. The van der Waals surface area contributed by atoms with Crippen LogP contribution in [0.2, 0.25) is 0 Å². The van der Waals surface area contributed by atoms with E-state index in [4.69, 9.17) is 16.9 Å². The summed E-state index contributed by atoms with van der Waals surface area (Å²) in [5.41, 5.74) is 9.51. The van der Waals surface area contributed by atoms with Crippen LogP contribution in [0.4, 0.5) is 0 Å². The van der Waals surface area contributed by atoms with Gasteiger partial charge in [-0.25, -0.2) is 4.99 Å². The quantitative estimate of drug-likeness (QED) is 0.372. The first-order valence-corrected chi connectivity index (χ1v) is 2.83. The zero-order valence-corrected chi connectivity index (χ0v) is 6.22. The van der Waals surface area contributed by atoms with Crippen LogP contribution in [0.15, 0.2) is 17.3 Å². The molecule has 0 aliphatic rings. The number of rotatable bonds is 3. The molecule has 0 unspecified atom stereocenters. The summed E-state index contributed by atoms with van der Waals surface area (Å²) in [4.78, 5) is 13.9. The maximum atomic E-state index is 10.3. The van der Waals surface area contributed by atoms with Crippen molar-refractivity contribution in [1.29, 1.82) is 5.41 Å². The van der Waals surface area contributed by atoms with Crippen molar-refractivity contribution >= 4 is 17.5 Å². The van der Waals surface area contributed by atoms with Crippen molar-refractivity contribution in [3.05, 3.63) is 12.3 Å². The smallest absolute Gasteiger partial charge is 0.268 e. The summed E-state index contributed by atoms with van der Waals surface area (Å²) in [7, 11) is 0. The van der Waals surface area contributed by atoms with Crippen LogP contribution in [0.25, 0.3) is 0 Å². The molecule has 11 heavy (non-hydrogen) atoms. The van der Waals surface area contributed by atoms with Gasteiger partial charge in [-0.1, -0.05) is 6.58 Å². The van der Waals surface area contributed by atoms with E-state index in [9.17, 15) is 4.79 Å². The first-order chi connectivity index (χ1) is 4.95. The Kier molecular flexibility index (Phi) is 2.98. The number of amides is 1. The molecule has 0 spiro atoms. The van der Waals surface area contributed by atoms with E-state index in [1.54, 1.807) is 0 Å². The van der Waals surface area contributed by atoms with Gasteiger partial charge in [-0.05, 0) is 6.92 Å². The van der Waals surface area contributed by atoms with E-state index in [-0.39, 0.29) is 11.5 Å². The summed E-state index contributed by atoms with van der Waals surface area (Å²) in [6.45, 7) is 4.85. The lowest BCUT2D eigenvalue weighted by Gasteiger charge is -1.97. The number of aliphatic imine (C=N–C) groups is 1. The van der Waals surface area contributed by atoms with Crippen LogP contribution in [0, 0.1) is 5.41 Å². The average molecular weight is 154 g/mol. The SMILES string of the molecule is C=C(N=C(C)N)C(=N)C(N)=O. The highest BCUT2D eigenvalue weighted by Gasteiger charge is 2.06. The van der Waals surface area contributed by atoms with E-state index in [0.717, 1.165) is 0 Å². The number of primary amides is 1. The number of nitrogens with one attached hydrogen (secondary N) is 1. The molecule has 0 aliphatic heterocycles. The second kappa shape index (κ2) is 3.50. The van der Waals surface area contributed by atoms with Gasteiger partial charge in [0.05, 0.1) is 11.5 Å². The van der Waals surface area contributed by atoms with Gasteiger partial charge in [0.25, 0.3) is 5.91 Å². The molecule has 5 N–H and O–H groups in total. The van der Waals surface area contributed by atoms with Crippen LogP contribution in [0.3, 0.4) is 0 Å². The summed E-state index contributed by atoms with van der Waals surface area (Å²) >= 11 is 0. The minimum absolute atomic E-state index is 0.0162. The minimum Gasteiger partial charge on any atom is -0.387 e. The Hall–Kier alpha value is -1.65. The van der Waals surface area contributed by atoms with Crippen molar-refractivity contribution in [3.8, 4) is 0 Å². The lowest BCUT2D eigenvalue weighted by Crippen LogP contribution is -2.23. The van der Waals surface area contributed by atoms with E-state index in [2.05, 4.69) is 11.6 Å². The van der Waals surface area contributed by atoms with E-state index in [1.165, 1.54) is 6.92 Å². The fourth-order valence-corrected chi connectivity index (χ4v) is 0.411. The summed E-state index contributed by atoms with van der Waals surface area (Å²) < 4.78 is 0. The lowest BCUT2D eigenvalue weighted by molar-refractivity contribution is -0.112. The first-order valence-electron chi connectivity index (χ1n) is 2.83. The standard InChI is InChI=1S/C6H10N4O/c1-3(10-4(2)7)5(8)6(9)11/h8H,1H2,2H3,(H2,7,10)(H2,9,11). The highest BCUT2D eigenvalue weighted by atomic mass is 16.1. The van der Waals surface area contributed by atoms with Crippen molar-refractivity contribution in [3.63, 3.8) is 0 Å². The molecule has 0 aromatic rings. The number of hydrogen-bond donors (Lipinski definition) is 3. The van der Waals surface area contributed by atoms with Crippen molar-refractivity contribution in [2.45, 2.75) is 6.92 Å². The van der Waals surface area contributed by atoms with Crippen LogP contribution < -0.4 is 11.5 Å². The predicted molar refractivity (Wildman–Crippen MR) is 43.4 cm³/mol. The molecule has 1 amide bonds. The normalized spacial score (nSPS) is 10.8. The minimum atomic E-state index is -0.861. The van der Waals surface area contributed by atoms with Gasteiger partial charge >= 0.3 is 0 Å². The third kappa shape index (κ3) is 3.14. The summed E-state index contributed by atoms with van der Waals surface area (Å²) in [6.07, 6.45) is 0. The maximum absolute atomic E-state index is 10.3. The van der Waals surface area contributed by atoms with Gasteiger partial charge in [-0.3, -0.25) is 10.2 Å². The molecular formula is C6H10N4O. The van der Waals surface area contributed by atoms with Crippen molar-refractivity contribution < 1.29 is 4.79 Å². The fraction of sp³-hybridized carbons (Fsp3) is 0.167. The molecule has 0 aliphatic carbocycles. The Morgan fingerprint density at radius 1 is 1.55 bits per heavy atom. The zero-order chi connectivity index (χ0) is 9.02. The largest absolute Gasteiger partial charge is 0.387 e. The molecule has 0 saturated heterocycles. The van der Waals surface area contributed by atoms with Crippen LogP contribution in [-0.2, 0) is 4.79 Å². The molecule has 5 heteroatoms. The molecule has 60 valence electrons. The molecule has 0 fully saturated rings. The van der Waals surface area contributed by atoms with Crippen molar-refractivity contribution in [1.82, 2.24) is 0 Å². The van der Waals surface area contributed by atoms with Crippen LogP contribution >= 0.6 is 0 Å². The highest BCUT2D eigenvalue weighted by molar-refractivity contribution is 6.43. The first kappa shape index (κ1) is 9.35. The number of carbonyl (C=O) groups excluding carboxylic acids is 1. The Morgan fingerprint density at radius 2 is 2.00 bits per heavy atom. The van der Waals surface area contributed by atoms with Gasteiger partial charge in [0.2, 0.25) is 0 Å². The predicted octanol–water partition coefficient (Wildman–Crippen LogP) is -0.618. The third-order valence-electron chi connectivity index (χ3n) is 0.846. The lowest BCUT2D eigenvalue weighted by atomic mass is 10.3. The molecule has 0 radical (unpaired) electrons. The Balaban J connectivity index is 4.41.